The molecule has 0 saturated carbocycles. The number of nitro groups is 1. The molecule has 0 aliphatic carbocycles. The Morgan fingerprint density at radius 2 is 2.07 bits per heavy atom. The first-order valence-electron chi connectivity index (χ1n) is 4.33. The third-order valence-corrected chi connectivity index (χ3v) is 1.96. The van der Waals surface area contributed by atoms with Gasteiger partial charge in [-0.05, 0) is 31.6 Å². The van der Waals surface area contributed by atoms with Crippen LogP contribution in [0, 0.1) is 21.7 Å². The summed E-state index contributed by atoms with van der Waals surface area (Å²) in [5.41, 5.74) is -0.701. The molecule has 6 heteroatoms. The van der Waals surface area contributed by atoms with E-state index in [0.29, 0.717) is 12.6 Å². The fraction of sp³-hybridized carbons (Fsp3) is 0.333. The lowest BCUT2D eigenvalue weighted by molar-refractivity contribution is -0.387. The van der Waals surface area contributed by atoms with Gasteiger partial charge in [-0.2, -0.15) is 4.39 Å². The zero-order valence-corrected chi connectivity index (χ0v) is 8.09. The summed E-state index contributed by atoms with van der Waals surface area (Å²) in [5.74, 6) is -1.76. The van der Waals surface area contributed by atoms with Gasteiger partial charge in [0, 0.05) is 0 Å². The maximum absolute atomic E-state index is 13.2. The van der Waals surface area contributed by atoms with E-state index in [9.17, 15) is 18.9 Å². The first-order valence-corrected chi connectivity index (χ1v) is 4.33. The van der Waals surface area contributed by atoms with Gasteiger partial charge < -0.3 is 5.32 Å². The zero-order chi connectivity index (χ0) is 11.4. The summed E-state index contributed by atoms with van der Waals surface area (Å²) in [6.07, 6.45) is 0.289. The van der Waals surface area contributed by atoms with Crippen LogP contribution in [-0.4, -0.2) is 18.5 Å². The van der Waals surface area contributed by atoms with Crippen LogP contribution in [-0.2, 0) is 6.42 Å². The van der Waals surface area contributed by atoms with Crippen LogP contribution in [0.1, 0.15) is 5.56 Å². The van der Waals surface area contributed by atoms with Crippen LogP contribution in [0.25, 0.3) is 0 Å². The highest BCUT2D eigenvalue weighted by Gasteiger charge is 2.17. The van der Waals surface area contributed by atoms with Crippen LogP contribution in [0.2, 0.25) is 0 Å². The topological polar surface area (TPSA) is 55.2 Å². The molecule has 0 aliphatic rings. The van der Waals surface area contributed by atoms with E-state index in [2.05, 4.69) is 5.32 Å². The second-order valence-corrected chi connectivity index (χ2v) is 3.01. The molecule has 0 unspecified atom stereocenters. The van der Waals surface area contributed by atoms with Crippen LogP contribution in [0.3, 0.4) is 0 Å². The number of halogens is 2. The Kier molecular flexibility index (Phi) is 3.68. The fourth-order valence-electron chi connectivity index (χ4n) is 1.17. The molecular formula is C9H10F2N2O2. The van der Waals surface area contributed by atoms with E-state index >= 15 is 0 Å². The van der Waals surface area contributed by atoms with Gasteiger partial charge in [-0.25, -0.2) is 4.39 Å². The Hall–Kier alpha value is -1.56. The highest BCUT2D eigenvalue weighted by Crippen LogP contribution is 2.21. The predicted octanol–water partition coefficient (Wildman–Crippen LogP) is 1.63. The van der Waals surface area contributed by atoms with Gasteiger partial charge in [-0.15, -0.1) is 0 Å². The molecule has 1 aromatic carbocycles. The molecule has 0 aromatic heterocycles. The summed E-state index contributed by atoms with van der Waals surface area (Å²) in [6.45, 7) is 0.480. The molecule has 0 bridgehead atoms. The average Bonchev–Trinajstić information content (AvgIpc) is 2.18. The number of hydrogen-bond acceptors (Lipinski definition) is 3. The standard InChI is InChI=1S/C9H10F2N2O2/c1-12-3-2-6-4-8(11)9(13(14)15)5-7(6)10/h4-5,12H,2-3H2,1H3. The normalized spacial score (nSPS) is 10.3. The van der Waals surface area contributed by atoms with E-state index in [1.807, 2.05) is 0 Å². The van der Waals surface area contributed by atoms with Gasteiger partial charge in [0.25, 0.3) is 0 Å². The minimum absolute atomic E-state index is 0.132. The lowest BCUT2D eigenvalue weighted by atomic mass is 10.1. The van der Waals surface area contributed by atoms with Crippen LogP contribution >= 0.6 is 0 Å². The van der Waals surface area contributed by atoms with E-state index in [0.717, 1.165) is 6.07 Å². The first kappa shape index (κ1) is 11.5. The molecule has 0 aliphatic heterocycles. The lowest BCUT2D eigenvalue weighted by Crippen LogP contribution is -2.11. The molecule has 0 amide bonds. The summed E-state index contributed by atoms with van der Waals surface area (Å²) < 4.78 is 26.3. The number of nitro benzene ring substituents is 1. The van der Waals surface area contributed by atoms with Crippen LogP contribution in [0.15, 0.2) is 12.1 Å². The van der Waals surface area contributed by atoms with Crippen molar-refractivity contribution in [3.05, 3.63) is 39.4 Å². The van der Waals surface area contributed by atoms with E-state index in [-0.39, 0.29) is 12.0 Å². The molecule has 1 aromatic rings. The molecule has 0 heterocycles. The largest absolute Gasteiger partial charge is 0.319 e. The maximum atomic E-state index is 13.2. The predicted molar refractivity (Wildman–Crippen MR) is 50.6 cm³/mol. The Balaban J connectivity index is 3.02. The van der Waals surface area contributed by atoms with Crippen LogP contribution < -0.4 is 5.32 Å². The molecule has 0 spiro atoms. The number of rotatable bonds is 4. The van der Waals surface area contributed by atoms with Gasteiger partial charge >= 0.3 is 5.69 Å². The Bertz CT molecular complexity index is 383. The van der Waals surface area contributed by atoms with Crippen molar-refractivity contribution in [3.63, 3.8) is 0 Å². The van der Waals surface area contributed by atoms with Crippen molar-refractivity contribution in [2.24, 2.45) is 0 Å². The molecule has 15 heavy (non-hydrogen) atoms. The van der Waals surface area contributed by atoms with Gasteiger partial charge in [0.2, 0.25) is 5.82 Å². The number of nitrogens with zero attached hydrogens (tertiary/aromatic N) is 1. The van der Waals surface area contributed by atoms with Crippen molar-refractivity contribution >= 4 is 5.69 Å². The number of hydrogen-bond donors (Lipinski definition) is 1. The third kappa shape index (κ3) is 2.69. The van der Waals surface area contributed by atoms with Crippen LogP contribution in [0.5, 0.6) is 0 Å². The van der Waals surface area contributed by atoms with E-state index < -0.39 is 22.2 Å². The van der Waals surface area contributed by atoms with E-state index in [4.69, 9.17) is 0 Å². The SMILES string of the molecule is CNCCc1cc(F)c([N+](=O)[O-])cc1F. The molecule has 82 valence electrons. The number of likely N-dealkylation sites (N-methyl/N-ethyl adjacent to an activating group) is 1. The monoisotopic (exact) mass is 216 g/mol. The smallest absolute Gasteiger partial charge is 0.307 e. The van der Waals surface area contributed by atoms with Crippen molar-refractivity contribution in [1.82, 2.24) is 5.32 Å². The molecular weight excluding hydrogens is 206 g/mol. The molecule has 4 nitrogen and oxygen atoms in total. The Morgan fingerprint density at radius 3 is 2.60 bits per heavy atom. The summed E-state index contributed by atoms with van der Waals surface area (Å²) in [4.78, 5) is 9.34. The summed E-state index contributed by atoms with van der Waals surface area (Å²) in [7, 11) is 1.68. The van der Waals surface area contributed by atoms with Gasteiger partial charge in [0.15, 0.2) is 0 Å². The lowest BCUT2D eigenvalue weighted by Gasteiger charge is -2.03. The van der Waals surface area contributed by atoms with Gasteiger partial charge in [-0.3, -0.25) is 10.1 Å². The second-order valence-electron chi connectivity index (χ2n) is 3.01. The highest BCUT2D eigenvalue weighted by molar-refractivity contribution is 5.36. The molecule has 0 saturated heterocycles. The van der Waals surface area contributed by atoms with Crippen molar-refractivity contribution < 1.29 is 13.7 Å². The summed E-state index contributed by atoms with van der Waals surface area (Å²) in [5, 5.41) is 13.1. The Labute approximate surface area is 85.1 Å². The molecule has 0 fully saturated rings. The molecule has 1 N–H and O–H groups in total. The van der Waals surface area contributed by atoms with Gasteiger partial charge in [-0.1, -0.05) is 0 Å². The summed E-state index contributed by atoms with van der Waals surface area (Å²) in [6, 6.07) is 1.48. The van der Waals surface area contributed by atoms with Gasteiger partial charge in [0.05, 0.1) is 11.0 Å². The van der Waals surface area contributed by atoms with Crippen LogP contribution in [0.4, 0.5) is 14.5 Å². The van der Waals surface area contributed by atoms with E-state index in [1.165, 1.54) is 0 Å². The molecule has 0 radical (unpaired) electrons. The van der Waals surface area contributed by atoms with Crippen molar-refractivity contribution in [3.8, 4) is 0 Å². The molecule has 0 atom stereocenters. The zero-order valence-electron chi connectivity index (χ0n) is 8.09. The number of nitrogens with one attached hydrogen (secondary N) is 1. The van der Waals surface area contributed by atoms with Crippen molar-refractivity contribution in [2.45, 2.75) is 6.42 Å². The highest BCUT2D eigenvalue weighted by atomic mass is 19.1. The molecule has 1 rings (SSSR count). The van der Waals surface area contributed by atoms with E-state index in [1.54, 1.807) is 7.05 Å². The number of benzene rings is 1. The third-order valence-electron chi connectivity index (χ3n) is 1.96. The Morgan fingerprint density at radius 1 is 1.40 bits per heavy atom. The minimum atomic E-state index is -1.01. The summed E-state index contributed by atoms with van der Waals surface area (Å²) >= 11 is 0. The quantitative estimate of drug-likeness (QED) is 0.614. The minimum Gasteiger partial charge on any atom is -0.319 e. The fourth-order valence-corrected chi connectivity index (χ4v) is 1.17. The second kappa shape index (κ2) is 4.79. The average molecular weight is 216 g/mol. The maximum Gasteiger partial charge on any atom is 0.307 e. The van der Waals surface area contributed by atoms with Gasteiger partial charge in [0.1, 0.15) is 5.82 Å². The van der Waals surface area contributed by atoms with Crippen molar-refractivity contribution in [2.75, 3.05) is 13.6 Å². The van der Waals surface area contributed by atoms with Crippen molar-refractivity contribution in [1.29, 1.82) is 0 Å². The first-order chi connectivity index (χ1) is 7.06.